The Bertz CT molecular complexity index is 976. The molecule has 5 nitrogen and oxygen atoms in total. The van der Waals surface area contributed by atoms with Gasteiger partial charge in [0.2, 0.25) is 5.91 Å². The van der Waals surface area contributed by atoms with Gasteiger partial charge in [0.1, 0.15) is 4.83 Å². The van der Waals surface area contributed by atoms with Gasteiger partial charge < -0.3 is 4.90 Å². The zero-order chi connectivity index (χ0) is 16.7. The number of anilines is 1. The van der Waals surface area contributed by atoms with Gasteiger partial charge in [-0.15, -0.1) is 11.3 Å². The summed E-state index contributed by atoms with van der Waals surface area (Å²) in [5, 5.41) is 2.48. The number of carbonyl (C=O) groups is 1. The summed E-state index contributed by atoms with van der Waals surface area (Å²) in [6.45, 7) is 2.41. The molecular weight excluding hydrogens is 322 g/mol. The third-order valence-electron chi connectivity index (χ3n) is 4.49. The fourth-order valence-electron chi connectivity index (χ4n) is 3.33. The van der Waals surface area contributed by atoms with Gasteiger partial charge >= 0.3 is 0 Å². The fourth-order valence-corrected chi connectivity index (χ4v) is 4.06. The van der Waals surface area contributed by atoms with Crippen LogP contribution in [0.3, 0.4) is 0 Å². The Morgan fingerprint density at radius 1 is 1.33 bits per heavy atom. The van der Waals surface area contributed by atoms with Crippen LogP contribution in [0.4, 0.5) is 5.69 Å². The molecule has 0 spiro atoms. The summed E-state index contributed by atoms with van der Waals surface area (Å²) in [6, 6.07) is 9.95. The monoisotopic (exact) mass is 339 g/mol. The quantitative estimate of drug-likeness (QED) is 0.737. The van der Waals surface area contributed by atoms with Crippen LogP contribution < -0.4 is 10.5 Å². The average Bonchev–Trinajstić information content (AvgIpc) is 3.17. The molecule has 3 heterocycles. The normalized spacial score (nSPS) is 16.5. The van der Waals surface area contributed by atoms with Crippen molar-refractivity contribution in [1.82, 2.24) is 9.55 Å². The number of aromatic nitrogens is 2. The Hall–Kier alpha value is -2.47. The van der Waals surface area contributed by atoms with Gasteiger partial charge in [0.25, 0.3) is 5.56 Å². The molecule has 0 N–H and O–H groups in total. The predicted octanol–water partition coefficient (Wildman–Crippen LogP) is 2.83. The molecule has 0 unspecified atom stereocenters. The zero-order valence-corrected chi connectivity index (χ0v) is 14.1. The van der Waals surface area contributed by atoms with Crippen molar-refractivity contribution < 1.29 is 4.79 Å². The summed E-state index contributed by atoms with van der Waals surface area (Å²) < 4.78 is 1.53. The van der Waals surface area contributed by atoms with Crippen LogP contribution >= 0.6 is 11.3 Å². The molecule has 3 aromatic rings. The maximum Gasteiger partial charge on any atom is 0.262 e. The topological polar surface area (TPSA) is 55.2 Å². The molecule has 0 fully saturated rings. The smallest absolute Gasteiger partial charge is 0.262 e. The second kappa shape index (κ2) is 5.87. The van der Waals surface area contributed by atoms with E-state index < -0.39 is 0 Å². The largest absolute Gasteiger partial charge is 0.309 e. The lowest BCUT2D eigenvalue weighted by atomic mass is 10.1. The van der Waals surface area contributed by atoms with Crippen molar-refractivity contribution >= 4 is 33.1 Å². The number of hydrogen-bond donors (Lipinski definition) is 0. The van der Waals surface area contributed by atoms with Gasteiger partial charge in [-0.2, -0.15) is 0 Å². The van der Waals surface area contributed by atoms with E-state index in [-0.39, 0.29) is 23.9 Å². The number of hydrogen-bond acceptors (Lipinski definition) is 4. The maximum absolute atomic E-state index is 12.7. The minimum atomic E-state index is -0.0797. The first-order valence-electron chi connectivity index (χ1n) is 7.98. The number of thiophene rings is 1. The molecule has 2 aromatic heterocycles. The van der Waals surface area contributed by atoms with Gasteiger partial charge in [-0.05, 0) is 36.4 Å². The van der Waals surface area contributed by atoms with Crippen LogP contribution in [-0.2, 0) is 17.8 Å². The Labute approximate surface area is 143 Å². The van der Waals surface area contributed by atoms with Crippen LogP contribution in [0.5, 0.6) is 0 Å². The fraction of sp³-hybridized carbons (Fsp3) is 0.278. The molecule has 0 saturated heterocycles. The van der Waals surface area contributed by atoms with E-state index in [1.165, 1.54) is 27.8 Å². The summed E-state index contributed by atoms with van der Waals surface area (Å²) in [6.07, 6.45) is 2.70. The van der Waals surface area contributed by atoms with Crippen LogP contribution in [0.1, 0.15) is 18.9 Å². The molecule has 0 aliphatic carbocycles. The van der Waals surface area contributed by atoms with Crippen molar-refractivity contribution in [3.05, 3.63) is 58.0 Å². The van der Waals surface area contributed by atoms with Gasteiger partial charge in [0.15, 0.2) is 0 Å². The van der Waals surface area contributed by atoms with E-state index in [0.29, 0.717) is 11.9 Å². The molecule has 122 valence electrons. The van der Waals surface area contributed by atoms with Gasteiger partial charge in [0.05, 0.1) is 11.7 Å². The highest BCUT2D eigenvalue weighted by Crippen LogP contribution is 2.32. The number of fused-ring (bicyclic) bond motifs is 2. The second-order valence-corrected chi connectivity index (χ2v) is 6.97. The summed E-state index contributed by atoms with van der Waals surface area (Å²) >= 11 is 1.45. The van der Waals surface area contributed by atoms with Gasteiger partial charge in [-0.3, -0.25) is 14.2 Å². The van der Waals surface area contributed by atoms with Crippen molar-refractivity contribution in [2.75, 3.05) is 4.90 Å². The van der Waals surface area contributed by atoms with E-state index in [4.69, 9.17) is 0 Å². The summed E-state index contributed by atoms with van der Waals surface area (Å²) in [5.74, 6) is 0.0461. The summed E-state index contributed by atoms with van der Waals surface area (Å²) in [7, 11) is 0. The van der Waals surface area contributed by atoms with E-state index in [2.05, 4.69) is 18.0 Å². The highest BCUT2D eigenvalue weighted by molar-refractivity contribution is 7.16. The highest BCUT2D eigenvalue weighted by atomic mass is 32.1. The molecule has 0 radical (unpaired) electrons. The Morgan fingerprint density at radius 3 is 3.04 bits per heavy atom. The molecule has 1 aromatic carbocycles. The maximum atomic E-state index is 12.7. The Balaban J connectivity index is 1.54. The lowest BCUT2D eigenvalue weighted by Gasteiger charge is -2.22. The number of rotatable bonds is 3. The van der Waals surface area contributed by atoms with Crippen molar-refractivity contribution in [1.29, 1.82) is 0 Å². The number of amides is 1. The lowest BCUT2D eigenvalue weighted by molar-refractivity contribution is -0.119. The molecule has 1 aliphatic rings. The van der Waals surface area contributed by atoms with Crippen LogP contribution in [0.25, 0.3) is 10.2 Å². The minimum Gasteiger partial charge on any atom is -0.309 e. The molecule has 1 aliphatic heterocycles. The molecule has 0 saturated carbocycles. The number of nitrogens with zero attached hydrogens (tertiary/aromatic N) is 3. The molecular formula is C18H17N3O2S. The van der Waals surface area contributed by atoms with E-state index >= 15 is 0 Å². The van der Waals surface area contributed by atoms with Crippen LogP contribution in [0.2, 0.25) is 0 Å². The van der Waals surface area contributed by atoms with Crippen LogP contribution in [0.15, 0.2) is 46.8 Å². The summed E-state index contributed by atoms with van der Waals surface area (Å²) in [4.78, 5) is 32.0. The van der Waals surface area contributed by atoms with Crippen molar-refractivity contribution in [3.63, 3.8) is 0 Å². The van der Waals surface area contributed by atoms with Gasteiger partial charge in [-0.1, -0.05) is 18.2 Å². The third-order valence-corrected chi connectivity index (χ3v) is 5.31. The van der Waals surface area contributed by atoms with Crippen molar-refractivity contribution in [2.24, 2.45) is 0 Å². The molecule has 4 rings (SSSR count). The molecule has 24 heavy (non-hydrogen) atoms. The number of carbonyl (C=O) groups excluding carboxylic acids is 1. The standard InChI is InChI=1S/C18H17N3O2S/c1-12-10-13-4-2-3-5-15(13)21(12)16(22)6-8-20-11-19-17-14(18(20)23)7-9-24-17/h2-5,7,9,11-12H,6,8,10H2,1H3/t12-/m1/s1. The van der Waals surface area contributed by atoms with E-state index in [1.807, 2.05) is 28.5 Å². The SMILES string of the molecule is C[C@@H]1Cc2ccccc2N1C(=O)CCn1cnc2sccc2c1=O. The minimum absolute atomic E-state index is 0.0461. The average molecular weight is 339 g/mol. The van der Waals surface area contributed by atoms with Crippen LogP contribution in [-0.4, -0.2) is 21.5 Å². The van der Waals surface area contributed by atoms with Crippen molar-refractivity contribution in [2.45, 2.75) is 32.4 Å². The van der Waals surface area contributed by atoms with E-state index in [1.54, 1.807) is 6.07 Å². The Kier molecular flexibility index (Phi) is 3.69. The first-order valence-corrected chi connectivity index (χ1v) is 8.86. The number of aryl methyl sites for hydroxylation is 1. The van der Waals surface area contributed by atoms with Crippen molar-refractivity contribution in [3.8, 4) is 0 Å². The second-order valence-electron chi connectivity index (χ2n) is 6.08. The van der Waals surface area contributed by atoms with E-state index in [9.17, 15) is 9.59 Å². The molecule has 1 atom stereocenters. The molecule has 6 heteroatoms. The molecule has 0 bridgehead atoms. The van der Waals surface area contributed by atoms with Crippen LogP contribution in [0, 0.1) is 0 Å². The predicted molar refractivity (Wildman–Crippen MR) is 95.6 cm³/mol. The van der Waals surface area contributed by atoms with Gasteiger partial charge in [-0.25, -0.2) is 4.98 Å². The molecule has 1 amide bonds. The summed E-state index contributed by atoms with van der Waals surface area (Å²) in [5.41, 5.74) is 2.12. The first-order chi connectivity index (χ1) is 11.6. The zero-order valence-electron chi connectivity index (χ0n) is 13.3. The third kappa shape index (κ3) is 2.43. The first kappa shape index (κ1) is 15.1. The number of benzene rings is 1. The van der Waals surface area contributed by atoms with E-state index in [0.717, 1.165) is 16.9 Å². The highest BCUT2D eigenvalue weighted by Gasteiger charge is 2.30. The lowest BCUT2D eigenvalue weighted by Crippen LogP contribution is -2.36. The van der Waals surface area contributed by atoms with Gasteiger partial charge in [0, 0.05) is 24.7 Å². The Morgan fingerprint density at radius 2 is 2.17 bits per heavy atom. The number of para-hydroxylation sites is 1.